The van der Waals surface area contributed by atoms with Gasteiger partial charge in [-0.2, -0.15) is 5.26 Å². The Hall–Kier alpha value is -0.970. The van der Waals surface area contributed by atoms with Gasteiger partial charge in [-0.3, -0.25) is 0 Å². The summed E-state index contributed by atoms with van der Waals surface area (Å²) in [4.78, 5) is 0. The maximum Gasteiger partial charge on any atom is 0.0971 e. The van der Waals surface area contributed by atoms with Crippen molar-refractivity contribution < 1.29 is 0 Å². The van der Waals surface area contributed by atoms with E-state index in [4.69, 9.17) is 11.0 Å². The van der Waals surface area contributed by atoms with Gasteiger partial charge in [-0.05, 0) is 12.3 Å². The van der Waals surface area contributed by atoms with Gasteiger partial charge < -0.3 is 5.73 Å². The van der Waals surface area contributed by atoms with Gasteiger partial charge in [0, 0.05) is 11.1 Å². The average Bonchev–Trinajstić information content (AvgIpc) is 2.03. The molecule has 1 rings (SSSR count). The highest BCUT2D eigenvalue weighted by Crippen LogP contribution is 2.43. The molecule has 0 heterocycles. The van der Waals surface area contributed by atoms with Crippen LogP contribution in [0.25, 0.3) is 0 Å². The Morgan fingerprint density at radius 2 is 2.18 bits per heavy atom. The van der Waals surface area contributed by atoms with E-state index < -0.39 is 0 Å². The third kappa shape index (κ3) is 1.11. The summed E-state index contributed by atoms with van der Waals surface area (Å²) in [5.74, 6) is 0.375. The lowest BCUT2D eigenvalue weighted by Gasteiger charge is -2.17. The van der Waals surface area contributed by atoms with E-state index in [-0.39, 0.29) is 5.41 Å². The smallest absolute Gasteiger partial charge is 0.0971 e. The lowest BCUT2D eigenvalue weighted by Crippen LogP contribution is -2.09. The van der Waals surface area contributed by atoms with E-state index in [0.29, 0.717) is 5.92 Å². The van der Waals surface area contributed by atoms with Gasteiger partial charge in [0.1, 0.15) is 0 Å². The zero-order valence-corrected chi connectivity index (χ0v) is 7.31. The van der Waals surface area contributed by atoms with E-state index in [9.17, 15) is 0 Å². The Bertz CT molecular complexity index is 243. The normalized spacial score (nSPS) is 28.7. The van der Waals surface area contributed by atoms with Crippen molar-refractivity contribution in [2.75, 3.05) is 0 Å². The molecule has 11 heavy (non-hydrogen) atoms. The van der Waals surface area contributed by atoms with Crippen LogP contribution in [0.1, 0.15) is 27.2 Å². The van der Waals surface area contributed by atoms with Crippen LogP contribution in [0.15, 0.2) is 11.3 Å². The Morgan fingerprint density at radius 1 is 1.64 bits per heavy atom. The topological polar surface area (TPSA) is 49.8 Å². The van der Waals surface area contributed by atoms with Crippen molar-refractivity contribution in [1.82, 2.24) is 0 Å². The molecule has 2 heteroatoms. The van der Waals surface area contributed by atoms with Crippen LogP contribution in [0, 0.1) is 22.7 Å². The van der Waals surface area contributed by atoms with E-state index in [1.165, 1.54) is 0 Å². The zero-order chi connectivity index (χ0) is 8.65. The second-order valence-corrected chi connectivity index (χ2v) is 3.93. The van der Waals surface area contributed by atoms with Crippen molar-refractivity contribution in [3.63, 3.8) is 0 Å². The minimum absolute atomic E-state index is 0.00174. The molecule has 2 N–H and O–H groups in total. The Morgan fingerprint density at radius 3 is 2.36 bits per heavy atom. The predicted octanol–water partition coefficient (Wildman–Crippen LogP) is 1.79. The summed E-state index contributed by atoms with van der Waals surface area (Å²) in [6.07, 6.45) is 1.00. The monoisotopic (exact) mass is 150 g/mol. The minimum Gasteiger partial charge on any atom is -0.401 e. The van der Waals surface area contributed by atoms with Gasteiger partial charge in [0.25, 0.3) is 0 Å². The first-order valence-electron chi connectivity index (χ1n) is 3.89. The summed E-state index contributed by atoms with van der Waals surface area (Å²) in [6.45, 7) is 6.21. The Kier molecular flexibility index (Phi) is 1.67. The average molecular weight is 150 g/mol. The molecule has 0 radical (unpaired) electrons. The summed E-state index contributed by atoms with van der Waals surface area (Å²) in [7, 11) is 0. The quantitative estimate of drug-likeness (QED) is 0.572. The molecule has 1 atom stereocenters. The molecule has 2 nitrogen and oxygen atoms in total. The molecule has 0 aromatic rings. The number of hydrogen-bond acceptors (Lipinski definition) is 2. The van der Waals surface area contributed by atoms with Crippen molar-refractivity contribution in [1.29, 1.82) is 5.26 Å². The lowest BCUT2D eigenvalue weighted by atomic mass is 9.85. The van der Waals surface area contributed by atoms with Gasteiger partial charge in [-0.15, -0.1) is 0 Å². The van der Waals surface area contributed by atoms with Crippen molar-refractivity contribution in [2.45, 2.75) is 27.2 Å². The number of nitriles is 1. The number of allylic oxidation sites excluding steroid dienone is 2. The first kappa shape index (κ1) is 8.13. The largest absolute Gasteiger partial charge is 0.401 e. The fraction of sp³-hybridized carbons (Fsp3) is 0.667. The predicted molar refractivity (Wildman–Crippen MR) is 44.4 cm³/mol. The summed E-state index contributed by atoms with van der Waals surface area (Å²) in [5.41, 5.74) is 7.34. The molecular weight excluding hydrogens is 136 g/mol. The van der Waals surface area contributed by atoms with Crippen LogP contribution in [0.5, 0.6) is 0 Å². The molecule has 0 aliphatic heterocycles. The van der Waals surface area contributed by atoms with Crippen LogP contribution in [-0.4, -0.2) is 0 Å². The van der Waals surface area contributed by atoms with Crippen LogP contribution >= 0.6 is 0 Å². The van der Waals surface area contributed by atoms with Gasteiger partial charge in [0.2, 0.25) is 0 Å². The minimum atomic E-state index is -0.00174. The van der Waals surface area contributed by atoms with Gasteiger partial charge in [0.15, 0.2) is 0 Å². The van der Waals surface area contributed by atoms with Crippen LogP contribution < -0.4 is 5.73 Å². The third-order valence-electron chi connectivity index (χ3n) is 2.42. The van der Waals surface area contributed by atoms with Crippen LogP contribution in [0.4, 0.5) is 0 Å². The highest BCUT2D eigenvalue weighted by Gasteiger charge is 2.35. The van der Waals surface area contributed by atoms with Crippen molar-refractivity contribution in [3.05, 3.63) is 11.3 Å². The van der Waals surface area contributed by atoms with Crippen LogP contribution in [-0.2, 0) is 0 Å². The highest BCUT2D eigenvalue weighted by atomic mass is 14.6. The molecule has 0 spiro atoms. The van der Waals surface area contributed by atoms with Crippen LogP contribution in [0.3, 0.4) is 0 Å². The summed E-state index contributed by atoms with van der Waals surface area (Å²) in [6, 6.07) is 2.19. The second kappa shape index (κ2) is 2.27. The van der Waals surface area contributed by atoms with E-state index >= 15 is 0 Å². The molecule has 0 aromatic carbocycles. The van der Waals surface area contributed by atoms with Crippen molar-refractivity contribution >= 4 is 0 Å². The Balaban J connectivity index is 3.09. The summed E-state index contributed by atoms with van der Waals surface area (Å²) < 4.78 is 0. The van der Waals surface area contributed by atoms with E-state index in [2.05, 4.69) is 26.8 Å². The van der Waals surface area contributed by atoms with Crippen molar-refractivity contribution in [3.8, 4) is 6.07 Å². The van der Waals surface area contributed by atoms with Crippen molar-refractivity contribution in [2.24, 2.45) is 17.1 Å². The molecule has 0 bridgehead atoms. The van der Waals surface area contributed by atoms with Crippen LogP contribution in [0.2, 0.25) is 0 Å². The molecule has 0 aromatic heterocycles. The molecule has 0 saturated heterocycles. The number of hydrogen-bond donors (Lipinski definition) is 1. The first-order valence-corrected chi connectivity index (χ1v) is 3.89. The lowest BCUT2D eigenvalue weighted by molar-refractivity contribution is 0.408. The number of nitrogens with two attached hydrogens (primary N) is 1. The maximum absolute atomic E-state index is 8.80. The fourth-order valence-electron chi connectivity index (χ4n) is 1.83. The van der Waals surface area contributed by atoms with E-state index in [0.717, 1.165) is 17.7 Å². The van der Waals surface area contributed by atoms with E-state index in [1.54, 1.807) is 0 Å². The first-order chi connectivity index (χ1) is 4.99. The summed E-state index contributed by atoms with van der Waals surface area (Å²) in [5, 5.41) is 8.80. The molecule has 0 amide bonds. The second-order valence-electron chi connectivity index (χ2n) is 3.93. The SMILES string of the molecule is CC1CC(C)(C)C(C#N)=C1N. The molecule has 1 aliphatic rings. The van der Waals surface area contributed by atoms with Gasteiger partial charge in [-0.1, -0.05) is 20.8 Å². The van der Waals surface area contributed by atoms with E-state index in [1.807, 2.05) is 0 Å². The number of rotatable bonds is 0. The molecule has 1 unspecified atom stereocenters. The molecule has 60 valence electrons. The zero-order valence-electron chi connectivity index (χ0n) is 7.31. The summed E-state index contributed by atoms with van der Waals surface area (Å²) >= 11 is 0. The van der Waals surface area contributed by atoms with Gasteiger partial charge >= 0.3 is 0 Å². The molecule has 0 fully saturated rings. The molecule has 0 saturated carbocycles. The van der Waals surface area contributed by atoms with Gasteiger partial charge in [0.05, 0.1) is 11.6 Å². The standard InChI is InChI=1S/C9H14N2/c1-6-4-9(2,3)7(5-10)8(6)11/h6H,4,11H2,1-3H3. The fourth-order valence-corrected chi connectivity index (χ4v) is 1.83. The number of nitrogens with zero attached hydrogens (tertiary/aromatic N) is 1. The highest BCUT2D eigenvalue weighted by molar-refractivity contribution is 5.37. The van der Waals surface area contributed by atoms with Gasteiger partial charge in [-0.25, -0.2) is 0 Å². The maximum atomic E-state index is 8.80. The third-order valence-corrected chi connectivity index (χ3v) is 2.42. The Labute approximate surface area is 67.7 Å². The molecule has 1 aliphatic carbocycles. The molecular formula is C9H14N2.